The monoisotopic (exact) mass is 354 g/mol. The molecule has 1 aromatic carbocycles. The van der Waals surface area contributed by atoms with E-state index >= 15 is 0 Å². The number of rotatable bonds is 7. The van der Waals surface area contributed by atoms with Crippen molar-refractivity contribution in [1.29, 1.82) is 0 Å². The molecular formula is C20H26N4O2. The number of hydrogen-bond acceptors (Lipinski definition) is 5. The second-order valence-corrected chi connectivity index (χ2v) is 6.58. The maximum absolute atomic E-state index is 11.7. The quantitative estimate of drug-likeness (QED) is 0.705. The van der Waals surface area contributed by atoms with E-state index in [2.05, 4.69) is 44.8 Å². The van der Waals surface area contributed by atoms with Crippen LogP contribution >= 0.6 is 0 Å². The molecule has 3 N–H and O–H groups in total. The smallest absolute Gasteiger partial charge is 0.252 e. The van der Waals surface area contributed by atoms with E-state index in [0.717, 1.165) is 19.5 Å². The van der Waals surface area contributed by atoms with Crippen LogP contribution in [-0.2, 0) is 13.0 Å². The summed E-state index contributed by atoms with van der Waals surface area (Å²) in [6.07, 6.45) is 2.09. The number of carbonyl (C=O) groups excluding carboxylic acids is 1. The molecule has 2 heterocycles. The molecule has 0 radical (unpaired) electrons. The van der Waals surface area contributed by atoms with E-state index in [1.54, 1.807) is 18.3 Å². The molecule has 1 aliphatic rings. The van der Waals surface area contributed by atoms with Crippen molar-refractivity contribution in [2.75, 3.05) is 31.5 Å². The van der Waals surface area contributed by atoms with Crippen molar-refractivity contribution in [2.45, 2.75) is 26.0 Å². The lowest BCUT2D eigenvalue weighted by Gasteiger charge is -2.30. The van der Waals surface area contributed by atoms with Crippen molar-refractivity contribution >= 4 is 11.7 Å². The van der Waals surface area contributed by atoms with Crippen LogP contribution in [-0.4, -0.2) is 53.2 Å². The average molecular weight is 354 g/mol. The summed E-state index contributed by atoms with van der Waals surface area (Å²) in [7, 11) is 0. The highest BCUT2D eigenvalue weighted by Crippen LogP contribution is 2.18. The molecule has 0 fully saturated rings. The van der Waals surface area contributed by atoms with Gasteiger partial charge in [0.15, 0.2) is 0 Å². The molecule has 0 spiro atoms. The molecule has 0 bridgehead atoms. The number of aliphatic hydroxyl groups is 1. The summed E-state index contributed by atoms with van der Waals surface area (Å²) >= 11 is 0. The van der Waals surface area contributed by atoms with Crippen LogP contribution in [0, 0.1) is 0 Å². The summed E-state index contributed by atoms with van der Waals surface area (Å²) in [5.41, 5.74) is 3.29. The Hall–Kier alpha value is -2.44. The van der Waals surface area contributed by atoms with E-state index < -0.39 is 6.10 Å². The Morgan fingerprint density at radius 3 is 2.81 bits per heavy atom. The maximum atomic E-state index is 11.7. The number of amides is 1. The van der Waals surface area contributed by atoms with E-state index in [-0.39, 0.29) is 5.91 Å². The van der Waals surface area contributed by atoms with Gasteiger partial charge in [0.05, 0.1) is 11.7 Å². The Morgan fingerprint density at radius 1 is 1.27 bits per heavy atom. The largest absolute Gasteiger partial charge is 0.390 e. The first-order valence-corrected chi connectivity index (χ1v) is 9.11. The molecule has 1 unspecified atom stereocenters. The third-order valence-corrected chi connectivity index (χ3v) is 4.56. The highest BCUT2D eigenvalue weighted by atomic mass is 16.3. The van der Waals surface area contributed by atoms with Crippen LogP contribution in [0.3, 0.4) is 0 Å². The first-order valence-electron chi connectivity index (χ1n) is 9.11. The maximum Gasteiger partial charge on any atom is 0.252 e. The Morgan fingerprint density at radius 2 is 2.08 bits per heavy atom. The highest BCUT2D eigenvalue weighted by Gasteiger charge is 2.18. The number of fused-ring (bicyclic) bond motifs is 1. The summed E-state index contributed by atoms with van der Waals surface area (Å²) in [5.74, 6) is 0.526. The van der Waals surface area contributed by atoms with Gasteiger partial charge in [-0.2, -0.15) is 0 Å². The number of nitrogens with one attached hydrogen (secondary N) is 2. The Labute approximate surface area is 154 Å². The molecule has 138 valence electrons. The first-order chi connectivity index (χ1) is 12.7. The summed E-state index contributed by atoms with van der Waals surface area (Å²) in [6, 6.07) is 12.0. The van der Waals surface area contributed by atoms with Crippen molar-refractivity contribution in [2.24, 2.45) is 0 Å². The van der Waals surface area contributed by atoms with Gasteiger partial charge < -0.3 is 15.7 Å². The molecule has 3 rings (SSSR count). The summed E-state index contributed by atoms with van der Waals surface area (Å²) < 4.78 is 0. The molecule has 6 nitrogen and oxygen atoms in total. The number of β-amino-alcohol motifs (C(OH)–C–C–N with tert-alkyl or cyclic N) is 1. The summed E-state index contributed by atoms with van der Waals surface area (Å²) in [5, 5.41) is 16.2. The standard InChI is InChI=1S/C20H26N4O2/c1-2-21-20(26)16-7-8-19(22-11-16)23-12-18(25)14-24-10-9-15-5-3-4-6-17(15)13-24/h3-8,11,18,25H,2,9-10,12-14H2,1H3,(H,21,26)(H,22,23). The number of pyridine rings is 1. The second-order valence-electron chi connectivity index (χ2n) is 6.58. The molecule has 2 aromatic rings. The van der Waals surface area contributed by atoms with Gasteiger partial charge in [-0.1, -0.05) is 24.3 Å². The van der Waals surface area contributed by atoms with Gasteiger partial charge in [0.2, 0.25) is 0 Å². The van der Waals surface area contributed by atoms with Crippen molar-refractivity contribution in [3.8, 4) is 0 Å². The molecule has 1 amide bonds. The topological polar surface area (TPSA) is 77.5 Å². The number of nitrogens with zero attached hydrogens (tertiary/aromatic N) is 2. The third-order valence-electron chi connectivity index (χ3n) is 4.56. The highest BCUT2D eigenvalue weighted by molar-refractivity contribution is 5.93. The van der Waals surface area contributed by atoms with Crippen molar-refractivity contribution < 1.29 is 9.90 Å². The predicted molar refractivity (Wildman–Crippen MR) is 102 cm³/mol. The number of aromatic nitrogens is 1. The van der Waals surface area contributed by atoms with Gasteiger partial charge in [-0.05, 0) is 36.6 Å². The van der Waals surface area contributed by atoms with E-state index in [0.29, 0.717) is 31.0 Å². The zero-order valence-electron chi connectivity index (χ0n) is 15.1. The van der Waals surface area contributed by atoms with Crippen LogP contribution < -0.4 is 10.6 Å². The van der Waals surface area contributed by atoms with Gasteiger partial charge >= 0.3 is 0 Å². The first kappa shape index (κ1) is 18.4. The molecular weight excluding hydrogens is 328 g/mol. The van der Waals surface area contributed by atoms with Crippen LogP contribution in [0.2, 0.25) is 0 Å². The van der Waals surface area contributed by atoms with Crippen LogP contribution in [0.4, 0.5) is 5.82 Å². The number of hydrogen-bond donors (Lipinski definition) is 3. The van der Waals surface area contributed by atoms with Gasteiger partial charge in [0.25, 0.3) is 5.91 Å². The van der Waals surface area contributed by atoms with Crippen LogP contribution in [0.5, 0.6) is 0 Å². The Bertz CT molecular complexity index is 733. The average Bonchev–Trinajstić information content (AvgIpc) is 2.67. The Balaban J connectivity index is 1.46. The third kappa shape index (κ3) is 4.80. The number of carbonyl (C=O) groups is 1. The fourth-order valence-electron chi connectivity index (χ4n) is 3.19. The zero-order chi connectivity index (χ0) is 18.4. The SMILES string of the molecule is CCNC(=O)c1ccc(NCC(O)CN2CCc3ccccc3C2)nc1. The zero-order valence-corrected chi connectivity index (χ0v) is 15.1. The second kappa shape index (κ2) is 8.78. The fraction of sp³-hybridized carbons (Fsp3) is 0.400. The van der Waals surface area contributed by atoms with Crippen molar-refractivity contribution in [3.63, 3.8) is 0 Å². The molecule has 0 aliphatic carbocycles. The van der Waals surface area contributed by atoms with Crippen molar-refractivity contribution in [3.05, 3.63) is 59.3 Å². The normalized spacial score (nSPS) is 15.2. The van der Waals surface area contributed by atoms with Gasteiger partial charge in [-0.15, -0.1) is 0 Å². The van der Waals surface area contributed by atoms with E-state index in [4.69, 9.17) is 0 Å². The molecule has 0 saturated carbocycles. The fourth-order valence-corrected chi connectivity index (χ4v) is 3.19. The lowest BCUT2D eigenvalue weighted by Crippen LogP contribution is -2.39. The van der Waals surface area contributed by atoms with E-state index in [1.807, 2.05) is 6.92 Å². The van der Waals surface area contributed by atoms with Gasteiger partial charge in [0.1, 0.15) is 5.82 Å². The summed E-state index contributed by atoms with van der Waals surface area (Å²) in [4.78, 5) is 18.2. The van der Waals surface area contributed by atoms with Crippen molar-refractivity contribution in [1.82, 2.24) is 15.2 Å². The lowest BCUT2D eigenvalue weighted by atomic mass is 10.00. The van der Waals surface area contributed by atoms with Crippen LogP contribution in [0.15, 0.2) is 42.6 Å². The molecule has 1 atom stereocenters. The lowest BCUT2D eigenvalue weighted by molar-refractivity contribution is 0.0955. The predicted octanol–water partition coefficient (Wildman–Crippen LogP) is 1.66. The number of anilines is 1. The van der Waals surface area contributed by atoms with Gasteiger partial charge in [-0.3, -0.25) is 9.69 Å². The van der Waals surface area contributed by atoms with Crippen LogP contribution in [0.25, 0.3) is 0 Å². The van der Waals surface area contributed by atoms with E-state index in [1.165, 1.54) is 11.1 Å². The molecule has 1 aromatic heterocycles. The number of benzene rings is 1. The minimum Gasteiger partial charge on any atom is -0.390 e. The molecule has 0 saturated heterocycles. The van der Waals surface area contributed by atoms with Gasteiger partial charge in [-0.25, -0.2) is 4.98 Å². The minimum absolute atomic E-state index is 0.128. The van der Waals surface area contributed by atoms with Gasteiger partial charge in [0, 0.05) is 38.9 Å². The molecule has 6 heteroatoms. The Kier molecular flexibility index (Phi) is 6.20. The number of aliphatic hydroxyl groups excluding tert-OH is 1. The van der Waals surface area contributed by atoms with E-state index in [9.17, 15) is 9.90 Å². The minimum atomic E-state index is -0.481. The molecule has 1 aliphatic heterocycles. The summed E-state index contributed by atoms with van der Waals surface area (Å²) in [6.45, 7) is 5.36. The molecule has 26 heavy (non-hydrogen) atoms. The van der Waals surface area contributed by atoms with Crippen LogP contribution in [0.1, 0.15) is 28.4 Å².